The SMILES string of the molecule is CC1C=NS1(=O)=O. The summed E-state index contributed by atoms with van der Waals surface area (Å²) in [6, 6.07) is 0. The Bertz CT molecular complexity index is 191. The lowest BCUT2D eigenvalue weighted by Gasteiger charge is -2.09. The summed E-state index contributed by atoms with van der Waals surface area (Å²) < 4.78 is 23.6. The highest BCUT2D eigenvalue weighted by Crippen LogP contribution is 2.08. The predicted octanol–water partition coefficient (Wildman–Crippen LogP) is -0.211. The van der Waals surface area contributed by atoms with Gasteiger partial charge in [-0.2, -0.15) is 4.40 Å². The maximum atomic E-state index is 10.2. The van der Waals surface area contributed by atoms with Crippen molar-refractivity contribution in [2.75, 3.05) is 0 Å². The first-order valence-corrected chi connectivity index (χ1v) is 3.42. The Morgan fingerprint density at radius 2 is 2.14 bits per heavy atom. The average molecular weight is 119 g/mol. The van der Waals surface area contributed by atoms with Crippen LogP contribution in [0.25, 0.3) is 0 Å². The molecule has 0 saturated carbocycles. The third-order valence-electron chi connectivity index (χ3n) is 0.888. The molecule has 0 N–H and O–H groups in total. The van der Waals surface area contributed by atoms with Crippen LogP contribution in [0, 0.1) is 0 Å². The lowest BCUT2D eigenvalue weighted by molar-refractivity contribution is 0.591. The second-order valence-electron chi connectivity index (χ2n) is 1.47. The molecule has 4 heteroatoms. The maximum Gasteiger partial charge on any atom is 0.260 e. The normalized spacial score (nSPS) is 34.7. The summed E-state index contributed by atoms with van der Waals surface area (Å²) in [5, 5.41) is -0.340. The molecule has 1 heterocycles. The van der Waals surface area contributed by atoms with E-state index in [1.807, 2.05) is 0 Å². The number of rotatable bonds is 0. The number of nitrogens with zero attached hydrogens (tertiary/aromatic N) is 1. The van der Waals surface area contributed by atoms with E-state index in [9.17, 15) is 8.42 Å². The molecular weight excluding hydrogens is 114 g/mol. The molecule has 1 atom stereocenters. The highest BCUT2D eigenvalue weighted by molar-refractivity contribution is 7.93. The zero-order valence-electron chi connectivity index (χ0n) is 3.83. The van der Waals surface area contributed by atoms with Crippen LogP contribution in [0.5, 0.6) is 0 Å². The Kier molecular flexibility index (Phi) is 0.725. The van der Waals surface area contributed by atoms with Crippen LogP contribution in [0.2, 0.25) is 0 Å². The summed E-state index contributed by atoms with van der Waals surface area (Å²) in [6.45, 7) is 1.60. The van der Waals surface area contributed by atoms with Gasteiger partial charge in [-0.15, -0.1) is 0 Å². The van der Waals surface area contributed by atoms with Gasteiger partial charge in [-0.3, -0.25) is 0 Å². The molecule has 0 fully saturated rings. The largest absolute Gasteiger partial charge is 0.260 e. The Labute approximate surface area is 42.1 Å². The zero-order valence-corrected chi connectivity index (χ0v) is 4.64. The van der Waals surface area contributed by atoms with E-state index < -0.39 is 10.0 Å². The Hall–Kier alpha value is -0.380. The summed E-state index contributed by atoms with van der Waals surface area (Å²) in [5.41, 5.74) is 0. The lowest BCUT2D eigenvalue weighted by atomic mass is 10.5. The van der Waals surface area contributed by atoms with Crippen molar-refractivity contribution < 1.29 is 8.42 Å². The van der Waals surface area contributed by atoms with Gasteiger partial charge in [-0.1, -0.05) is 0 Å². The van der Waals surface area contributed by atoms with Gasteiger partial charge in [0.25, 0.3) is 10.0 Å². The second kappa shape index (κ2) is 1.06. The molecule has 1 rings (SSSR count). The van der Waals surface area contributed by atoms with Crippen molar-refractivity contribution in [1.82, 2.24) is 0 Å². The van der Waals surface area contributed by atoms with Gasteiger partial charge in [0.15, 0.2) is 0 Å². The first-order chi connectivity index (χ1) is 3.13. The molecule has 0 radical (unpaired) electrons. The summed E-state index contributed by atoms with van der Waals surface area (Å²) in [6.07, 6.45) is 1.41. The first-order valence-electron chi connectivity index (χ1n) is 1.92. The topological polar surface area (TPSA) is 46.5 Å². The van der Waals surface area contributed by atoms with Gasteiger partial charge in [-0.05, 0) is 6.92 Å². The summed E-state index contributed by atoms with van der Waals surface area (Å²) in [4.78, 5) is 0. The Balaban J connectivity index is 3.08. The van der Waals surface area contributed by atoms with Crippen molar-refractivity contribution in [3.8, 4) is 0 Å². The van der Waals surface area contributed by atoms with Crippen molar-refractivity contribution in [3.63, 3.8) is 0 Å². The Morgan fingerprint density at radius 3 is 2.14 bits per heavy atom. The molecule has 0 bridgehead atoms. The van der Waals surface area contributed by atoms with Crippen LogP contribution in [-0.4, -0.2) is 19.9 Å². The van der Waals surface area contributed by atoms with E-state index in [2.05, 4.69) is 4.40 Å². The van der Waals surface area contributed by atoms with E-state index in [0.29, 0.717) is 0 Å². The third-order valence-corrected chi connectivity index (χ3v) is 2.36. The molecule has 0 aromatic heterocycles. The molecule has 0 aromatic carbocycles. The molecule has 0 spiro atoms. The lowest BCUT2D eigenvalue weighted by Crippen LogP contribution is -2.25. The standard InChI is InChI=1S/C3H5NO2S/c1-3-2-4-7(3,5)6/h2-3H,1H3. The quantitative estimate of drug-likeness (QED) is 0.443. The van der Waals surface area contributed by atoms with Crippen molar-refractivity contribution in [2.24, 2.45) is 4.40 Å². The van der Waals surface area contributed by atoms with Crippen LogP contribution in [-0.2, 0) is 10.0 Å². The molecule has 40 valence electrons. The smallest absolute Gasteiger partial charge is 0.204 e. The molecule has 0 saturated heterocycles. The third kappa shape index (κ3) is 0.545. The predicted molar refractivity (Wildman–Crippen MR) is 26.9 cm³/mol. The maximum absolute atomic E-state index is 10.2. The molecule has 1 aliphatic rings. The number of hydrogen-bond acceptors (Lipinski definition) is 2. The highest BCUT2D eigenvalue weighted by atomic mass is 32.2. The van der Waals surface area contributed by atoms with Gasteiger partial charge in [0, 0.05) is 6.21 Å². The molecule has 0 aromatic rings. The average Bonchev–Trinajstić information content (AvgIpc) is 1.63. The van der Waals surface area contributed by atoms with Gasteiger partial charge in [0.2, 0.25) is 0 Å². The molecule has 1 unspecified atom stereocenters. The minimum atomic E-state index is -2.99. The van der Waals surface area contributed by atoms with Crippen LogP contribution in [0.1, 0.15) is 6.92 Å². The van der Waals surface area contributed by atoms with Gasteiger partial charge in [0.1, 0.15) is 5.25 Å². The van der Waals surface area contributed by atoms with Crippen LogP contribution >= 0.6 is 0 Å². The van der Waals surface area contributed by atoms with Gasteiger partial charge >= 0.3 is 0 Å². The van der Waals surface area contributed by atoms with Gasteiger partial charge < -0.3 is 0 Å². The number of hydrogen-bond donors (Lipinski definition) is 0. The summed E-state index contributed by atoms with van der Waals surface area (Å²) in [5.74, 6) is 0. The fourth-order valence-electron chi connectivity index (χ4n) is 0.282. The van der Waals surface area contributed by atoms with Crippen LogP contribution < -0.4 is 0 Å². The van der Waals surface area contributed by atoms with Crippen molar-refractivity contribution in [1.29, 1.82) is 0 Å². The first kappa shape index (κ1) is 4.77. The minimum absolute atomic E-state index is 0.340. The molecule has 0 aliphatic carbocycles. The minimum Gasteiger partial charge on any atom is -0.204 e. The van der Waals surface area contributed by atoms with Gasteiger partial charge in [-0.25, -0.2) is 8.42 Å². The molecule has 1 aliphatic heterocycles. The molecule has 3 nitrogen and oxygen atoms in total. The molecule has 7 heavy (non-hydrogen) atoms. The van der Waals surface area contributed by atoms with Crippen molar-refractivity contribution in [3.05, 3.63) is 0 Å². The summed E-state index contributed by atoms with van der Waals surface area (Å²) >= 11 is 0. The molecule has 0 amide bonds. The fraction of sp³-hybridized carbons (Fsp3) is 0.667. The van der Waals surface area contributed by atoms with Crippen LogP contribution in [0.15, 0.2) is 4.40 Å². The van der Waals surface area contributed by atoms with E-state index in [0.717, 1.165) is 0 Å². The number of sulfonamides is 1. The second-order valence-corrected chi connectivity index (χ2v) is 3.46. The van der Waals surface area contributed by atoms with Gasteiger partial charge in [0.05, 0.1) is 0 Å². The zero-order chi connectivity index (χ0) is 5.49. The van der Waals surface area contributed by atoms with E-state index in [-0.39, 0.29) is 5.25 Å². The monoisotopic (exact) mass is 119 g/mol. The summed E-state index contributed by atoms with van der Waals surface area (Å²) in [7, 11) is -2.99. The van der Waals surface area contributed by atoms with E-state index >= 15 is 0 Å². The van der Waals surface area contributed by atoms with E-state index in [4.69, 9.17) is 0 Å². The Morgan fingerprint density at radius 1 is 1.71 bits per heavy atom. The highest BCUT2D eigenvalue weighted by Gasteiger charge is 2.24. The van der Waals surface area contributed by atoms with E-state index in [1.165, 1.54) is 6.21 Å². The molecular formula is C3H5NO2S. The van der Waals surface area contributed by atoms with Crippen LogP contribution in [0.3, 0.4) is 0 Å². The fourth-order valence-corrected chi connectivity index (χ4v) is 0.846. The van der Waals surface area contributed by atoms with Crippen molar-refractivity contribution >= 4 is 16.2 Å². The van der Waals surface area contributed by atoms with Crippen molar-refractivity contribution in [2.45, 2.75) is 12.2 Å². The van der Waals surface area contributed by atoms with E-state index in [1.54, 1.807) is 6.92 Å². The van der Waals surface area contributed by atoms with Crippen LogP contribution in [0.4, 0.5) is 0 Å².